The highest BCUT2D eigenvalue weighted by atomic mass is 127. The Morgan fingerprint density at radius 1 is 1.42 bits per heavy atom. The number of halogens is 1. The zero-order valence-corrected chi connectivity index (χ0v) is 17.2. The van der Waals surface area contributed by atoms with Crippen molar-refractivity contribution in [1.82, 2.24) is 14.8 Å². The normalized spacial score (nSPS) is 19.2. The average Bonchev–Trinajstić information content (AvgIpc) is 2.47. The number of piperazine rings is 1. The third kappa shape index (κ3) is 4.95. The number of pyridine rings is 1. The van der Waals surface area contributed by atoms with Crippen molar-refractivity contribution < 1.29 is 14.3 Å². The summed E-state index contributed by atoms with van der Waals surface area (Å²) in [7, 11) is 1.64. The van der Waals surface area contributed by atoms with Crippen LogP contribution in [0.2, 0.25) is 0 Å². The minimum Gasteiger partial charge on any atom is -0.481 e. The van der Waals surface area contributed by atoms with Gasteiger partial charge in [0.15, 0.2) is 0 Å². The van der Waals surface area contributed by atoms with Crippen molar-refractivity contribution in [3.8, 4) is 5.88 Å². The van der Waals surface area contributed by atoms with Crippen LogP contribution in [0.4, 0.5) is 4.79 Å². The molecule has 7 heteroatoms. The summed E-state index contributed by atoms with van der Waals surface area (Å²) in [5.41, 5.74) is 0.631. The Balaban J connectivity index is 2.00. The van der Waals surface area contributed by atoms with E-state index < -0.39 is 5.60 Å². The molecule has 2 rings (SSSR count). The molecule has 0 saturated carbocycles. The Kier molecular flexibility index (Phi) is 6.30. The summed E-state index contributed by atoms with van der Waals surface area (Å²) in [6, 6.07) is 2.09. The van der Waals surface area contributed by atoms with E-state index in [0.717, 1.165) is 28.8 Å². The molecular weight excluding hydrogens is 421 g/mol. The van der Waals surface area contributed by atoms with Gasteiger partial charge in [-0.1, -0.05) is 0 Å². The highest BCUT2D eigenvalue weighted by Gasteiger charge is 2.31. The summed E-state index contributed by atoms with van der Waals surface area (Å²) < 4.78 is 12.0. The summed E-state index contributed by atoms with van der Waals surface area (Å²) in [5, 5.41) is 0. The van der Waals surface area contributed by atoms with Gasteiger partial charge in [0.25, 0.3) is 0 Å². The molecule has 0 spiro atoms. The van der Waals surface area contributed by atoms with E-state index in [-0.39, 0.29) is 12.1 Å². The molecule has 134 valence electrons. The van der Waals surface area contributed by atoms with Crippen molar-refractivity contribution in [2.75, 3.05) is 26.7 Å². The van der Waals surface area contributed by atoms with Gasteiger partial charge in [0.2, 0.25) is 5.88 Å². The fourth-order valence-electron chi connectivity index (χ4n) is 2.76. The number of carbonyl (C=O) groups is 1. The van der Waals surface area contributed by atoms with Crippen LogP contribution in [0.3, 0.4) is 0 Å². The summed E-state index contributed by atoms with van der Waals surface area (Å²) >= 11 is 2.31. The first-order chi connectivity index (χ1) is 11.2. The maximum atomic E-state index is 12.3. The predicted molar refractivity (Wildman–Crippen MR) is 101 cm³/mol. The minimum absolute atomic E-state index is 0.105. The van der Waals surface area contributed by atoms with Crippen LogP contribution in [0, 0.1) is 3.57 Å². The monoisotopic (exact) mass is 447 g/mol. The van der Waals surface area contributed by atoms with Crippen molar-refractivity contribution in [2.24, 2.45) is 0 Å². The van der Waals surface area contributed by atoms with Gasteiger partial charge >= 0.3 is 6.09 Å². The number of hydrogen-bond acceptors (Lipinski definition) is 5. The summed E-state index contributed by atoms with van der Waals surface area (Å²) in [4.78, 5) is 20.7. The van der Waals surface area contributed by atoms with Crippen molar-refractivity contribution in [3.05, 3.63) is 21.4 Å². The molecule has 2 heterocycles. The van der Waals surface area contributed by atoms with Gasteiger partial charge in [-0.25, -0.2) is 9.78 Å². The first kappa shape index (κ1) is 19.2. The van der Waals surface area contributed by atoms with Crippen LogP contribution >= 0.6 is 22.6 Å². The fourth-order valence-corrected chi connectivity index (χ4v) is 3.32. The van der Waals surface area contributed by atoms with Gasteiger partial charge in [0.05, 0.1) is 7.11 Å². The Morgan fingerprint density at radius 3 is 2.71 bits per heavy atom. The van der Waals surface area contributed by atoms with Crippen LogP contribution in [0.15, 0.2) is 12.3 Å². The van der Waals surface area contributed by atoms with Crippen molar-refractivity contribution in [2.45, 2.75) is 45.9 Å². The zero-order chi connectivity index (χ0) is 17.9. The van der Waals surface area contributed by atoms with E-state index in [0.29, 0.717) is 12.4 Å². The predicted octanol–water partition coefficient (Wildman–Crippen LogP) is 3.14. The molecule has 1 saturated heterocycles. The molecule has 6 nitrogen and oxygen atoms in total. The summed E-state index contributed by atoms with van der Waals surface area (Å²) in [6.07, 6.45) is 1.52. The van der Waals surface area contributed by atoms with Crippen LogP contribution in [0.1, 0.15) is 33.3 Å². The Morgan fingerprint density at radius 2 is 2.12 bits per heavy atom. The number of carbonyl (C=O) groups excluding carboxylic acids is 1. The lowest BCUT2D eigenvalue weighted by Crippen LogP contribution is -2.54. The largest absolute Gasteiger partial charge is 0.481 e. The number of amides is 1. The molecule has 0 N–H and O–H groups in total. The van der Waals surface area contributed by atoms with E-state index >= 15 is 0 Å². The molecule has 1 atom stereocenters. The maximum absolute atomic E-state index is 12.3. The second kappa shape index (κ2) is 7.86. The van der Waals surface area contributed by atoms with Crippen molar-refractivity contribution in [1.29, 1.82) is 0 Å². The molecule has 1 aromatic rings. The van der Waals surface area contributed by atoms with E-state index in [1.165, 1.54) is 0 Å². The SMILES string of the molecule is COc1nccc(I)c1CN1CCN(C(=O)OC(C)(C)C)C(C)C1. The molecule has 1 aromatic heterocycles. The van der Waals surface area contributed by atoms with Crippen LogP contribution in [0.5, 0.6) is 5.88 Å². The Hall–Kier alpha value is -1.09. The van der Waals surface area contributed by atoms with E-state index in [4.69, 9.17) is 9.47 Å². The lowest BCUT2D eigenvalue weighted by Gasteiger charge is -2.40. The zero-order valence-electron chi connectivity index (χ0n) is 15.0. The Bertz CT molecular complexity index is 589. The maximum Gasteiger partial charge on any atom is 0.410 e. The van der Waals surface area contributed by atoms with Gasteiger partial charge in [-0.15, -0.1) is 0 Å². The molecule has 0 radical (unpaired) electrons. The molecule has 1 fully saturated rings. The van der Waals surface area contributed by atoms with Crippen LogP contribution < -0.4 is 4.74 Å². The third-order valence-electron chi connectivity index (χ3n) is 3.87. The van der Waals surface area contributed by atoms with E-state index in [2.05, 4.69) is 39.4 Å². The molecule has 1 aliphatic heterocycles. The summed E-state index contributed by atoms with van der Waals surface area (Å²) in [6.45, 7) is 10.8. The van der Waals surface area contributed by atoms with E-state index in [1.54, 1.807) is 13.3 Å². The topological polar surface area (TPSA) is 54.9 Å². The number of aromatic nitrogens is 1. The molecule has 1 unspecified atom stereocenters. The second-order valence-electron chi connectivity index (χ2n) is 7.04. The number of nitrogens with zero attached hydrogens (tertiary/aromatic N) is 3. The number of hydrogen-bond donors (Lipinski definition) is 0. The molecule has 1 amide bonds. The molecule has 0 aromatic carbocycles. The van der Waals surface area contributed by atoms with Crippen molar-refractivity contribution >= 4 is 28.7 Å². The first-order valence-corrected chi connectivity index (χ1v) is 9.18. The van der Waals surface area contributed by atoms with Crippen LogP contribution in [-0.2, 0) is 11.3 Å². The number of ether oxygens (including phenoxy) is 2. The lowest BCUT2D eigenvalue weighted by molar-refractivity contribution is 0.000436. The van der Waals surface area contributed by atoms with Gasteiger partial charge in [-0.2, -0.15) is 0 Å². The van der Waals surface area contributed by atoms with Gasteiger partial charge in [-0.3, -0.25) is 4.90 Å². The quantitative estimate of drug-likeness (QED) is 0.667. The minimum atomic E-state index is -0.465. The van der Waals surface area contributed by atoms with E-state index in [9.17, 15) is 4.79 Å². The van der Waals surface area contributed by atoms with Gasteiger partial charge in [0, 0.05) is 47.6 Å². The molecule has 1 aliphatic rings. The molecule has 0 aliphatic carbocycles. The van der Waals surface area contributed by atoms with Gasteiger partial charge in [-0.05, 0) is 56.4 Å². The highest BCUT2D eigenvalue weighted by Crippen LogP contribution is 2.24. The molecule has 24 heavy (non-hydrogen) atoms. The standard InChI is InChI=1S/C17H26IN3O3/c1-12-10-20(8-9-21(12)16(22)24-17(2,3)4)11-13-14(18)6-7-19-15(13)23-5/h6-7,12H,8-11H2,1-5H3. The lowest BCUT2D eigenvalue weighted by atomic mass is 10.1. The number of rotatable bonds is 3. The molecule has 0 bridgehead atoms. The van der Waals surface area contributed by atoms with E-state index in [1.807, 2.05) is 31.7 Å². The smallest absolute Gasteiger partial charge is 0.410 e. The van der Waals surface area contributed by atoms with Crippen molar-refractivity contribution in [3.63, 3.8) is 0 Å². The summed E-state index contributed by atoms with van der Waals surface area (Å²) in [5.74, 6) is 0.670. The third-order valence-corrected chi connectivity index (χ3v) is 4.88. The fraction of sp³-hybridized carbons (Fsp3) is 0.647. The second-order valence-corrected chi connectivity index (χ2v) is 8.20. The molecular formula is C17H26IN3O3. The van der Waals surface area contributed by atoms with Crippen LogP contribution in [0.25, 0.3) is 0 Å². The van der Waals surface area contributed by atoms with Gasteiger partial charge in [0.1, 0.15) is 5.60 Å². The average molecular weight is 447 g/mol. The Labute approximate surface area is 157 Å². The highest BCUT2D eigenvalue weighted by molar-refractivity contribution is 14.1. The first-order valence-electron chi connectivity index (χ1n) is 8.10. The van der Waals surface area contributed by atoms with Gasteiger partial charge < -0.3 is 14.4 Å². The number of methoxy groups -OCH3 is 1. The van der Waals surface area contributed by atoms with Crippen LogP contribution in [-0.4, -0.2) is 59.3 Å².